The summed E-state index contributed by atoms with van der Waals surface area (Å²) in [6.45, 7) is 5.46. The van der Waals surface area contributed by atoms with Crippen molar-refractivity contribution < 1.29 is 0 Å². The first-order valence-electron chi connectivity index (χ1n) is 8.09. The Morgan fingerprint density at radius 1 is 1.43 bits per heavy atom. The van der Waals surface area contributed by atoms with Crippen molar-refractivity contribution in [2.45, 2.75) is 58.2 Å². The highest BCUT2D eigenvalue weighted by Gasteiger charge is 2.20. The van der Waals surface area contributed by atoms with Gasteiger partial charge < -0.3 is 10.2 Å². The second-order valence-corrected chi connectivity index (χ2v) is 7.06. The molecule has 1 aromatic heterocycles. The third-order valence-corrected chi connectivity index (χ3v) is 4.85. The van der Waals surface area contributed by atoms with Crippen LogP contribution < -0.4 is 10.2 Å². The molecule has 1 saturated carbocycles. The van der Waals surface area contributed by atoms with E-state index in [2.05, 4.69) is 49.5 Å². The Labute approximate surface area is 133 Å². The van der Waals surface area contributed by atoms with E-state index in [1.54, 1.807) is 0 Å². The summed E-state index contributed by atoms with van der Waals surface area (Å²) in [5.74, 6) is 2.25. The van der Waals surface area contributed by atoms with Gasteiger partial charge in [-0.1, -0.05) is 13.3 Å². The van der Waals surface area contributed by atoms with Crippen molar-refractivity contribution in [1.29, 1.82) is 0 Å². The van der Waals surface area contributed by atoms with Gasteiger partial charge in [0.2, 0.25) is 0 Å². The van der Waals surface area contributed by atoms with E-state index in [1.807, 2.05) is 11.8 Å². The first kappa shape index (κ1) is 16.6. The lowest BCUT2D eigenvalue weighted by atomic mass is 10.1. The molecular formula is C17H29N3S. The maximum absolute atomic E-state index is 4.86. The molecule has 21 heavy (non-hydrogen) atoms. The normalized spacial score (nSPS) is 16.0. The molecule has 1 fully saturated rings. The number of pyridine rings is 1. The molecule has 0 bridgehead atoms. The van der Waals surface area contributed by atoms with Gasteiger partial charge in [-0.05, 0) is 50.1 Å². The number of nitrogens with zero attached hydrogens (tertiary/aromatic N) is 2. The summed E-state index contributed by atoms with van der Waals surface area (Å²) in [5.41, 5.74) is 2.60. The van der Waals surface area contributed by atoms with Crippen LogP contribution in [-0.2, 0) is 13.0 Å². The van der Waals surface area contributed by atoms with E-state index < -0.39 is 0 Å². The van der Waals surface area contributed by atoms with Gasteiger partial charge in [-0.15, -0.1) is 0 Å². The van der Waals surface area contributed by atoms with Crippen molar-refractivity contribution in [2.75, 3.05) is 24.0 Å². The standard InChI is InChI=1S/C17H29N3S/c1-5-6-16-9-14(11-18-15-7-8-15)10-17(19-16)20(3)13(2)12-21-4/h9-10,13,15,18H,5-8,11-12H2,1-4H3. The van der Waals surface area contributed by atoms with E-state index in [0.29, 0.717) is 6.04 Å². The summed E-state index contributed by atoms with van der Waals surface area (Å²) in [4.78, 5) is 7.17. The predicted octanol–water partition coefficient (Wildman–Crippen LogP) is 3.47. The van der Waals surface area contributed by atoms with Crippen LogP contribution in [0.15, 0.2) is 12.1 Å². The lowest BCUT2D eigenvalue weighted by Gasteiger charge is -2.26. The van der Waals surface area contributed by atoms with Crippen LogP contribution in [0, 0.1) is 0 Å². The first-order valence-corrected chi connectivity index (χ1v) is 9.48. The Hall–Kier alpha value is -0.740. The van der Waals surface area contributed by atoms with E-state index in [0.717, 1.165) is 37.0 Å². The summed E-state index contributed by atoms with van der Waals surface area (Å²) in [7, 11) is 2.16. The van der Waals surface area contributed by atoms with Gasteiger partial charge in [0.05, 0.1) is 0 Å². The molecule has 118 valence electrons. The van der Waals surface area contributed by atoms with Gasteiger partial charge in [-0.2, -0.15) is 11.8 Å². The van der Waals surface area contributed by atoms with E-state index in [4.69, 9.17) is 4.98 Å². The van der Waals surface area contributed by atoms with Crippen molar-refractivity contribution in [3.63, 3.8) is 0 Å². The van der Waals surface area contributed by atoms with Crippen LogP contribution in [0.2, 0.25) is 0 Å². The van der Waals surface area contributed by atoms with Gasteiger partial charge in [0.1, 0.15) is 5.82 Å². The fraction of sp³-hybridized carbons (Fsp3) is 0.706. The Kier molecular flexibility index (Phi) is 6.37. The maximum atomic E-state index is 4.86. The minimum Gasteiger partial charge on any atom is -0.356 e. The highest BCUT2D eigenvalue weighted by molar-refractivity contribution is 7.98. The number of aromatic nitrogens is 1. The first-order chi connectivity index (χ1) is 10.1. The lowest BCUT2D eigenvalue weighted by molar-refractivity contribution is 0.682. The van der Waals surface area contributed by atoms with Gasteiger partial charge in [0.25, 0.3) is 0 Å². The number of nitrogens with one attached hydrogen (secondary N) is 1. The molecule has 0 saturated heterocycles. The average molecular weight is 308 g/mol. The minimum atomic E-state index is 0.508. The molecule has 1 unspecified atom stereocenters. The molecule has 1 aliphatic carbocycles. The molecule has 1 aliphatic rings. The van der Waals surface area contributed by atoms with Crippen molar-refractivity contribution >= 4 is 17.6 Å². The zero-order chi connectivity index (χ0) is 15.2. The molecule has 4 heteroatoms. The van der Waals surface area contributed by atoms with Gasteiger partial charge in [0.15, 0.2) is 0 Å². The lowest BCUT2D eigenvalue weighted by Crippen LogP contribution is -2.32. The molecule has 0 aliphatic heterocycles. The van der Waals surface area contributed by atoms with Crippen LogP contribution in [0.4, 0.5) is 5.82 Å². The largest absolute Gasteiger partial charge is 0.356 e. The number of rotatable bonds is 9. The van der Waals surface area contributed by atoms with Crippen LogP contribution in [0.3, 0.4) is 0 Å². The second-order valence-electron chi connectivity index (χ2n) is 6.15. The maximum Gasteiger partial charge on any atom is 0.129 e. The third kappa shape index (κ3) is 5.19. The second kappa shape index (κ2) is 8.04. The van der Waals surface area contributed by atoms with Crippen molar-refractivity contribution in [1.82, 2.24) is 10.3 Å². The van der Waals surface area contributed by atoms with E-state index in [-0.39, 0.29) is 0 Å². The van der Waals surface area contributed by atoms with E-state index in [1.165, 1.54) is 24.1 Å². The van der Waals surface area contributed by atoms with Crippen LogP contribution in [0.5, 0.6) is 0 Å². The van der Waals surface area contributed by atoms with Crippen LogP contribution in [0.25, 0.3) is 0 Å². The van der Waals surface area contributed by atoms with Gasteiger partial charge >= 0.3 is 0 Å². The van der Waals surface area contributed by atoms with Crippen molar-refractivity contribution in [3.05, 3.63) is 23.4 Å². The van der Waals surface area contributed by atoms with Gasteiger partial charge in [-0.3, -0.25) is 0 Å². The fourth-order valence-electron chi connectivity index (χ4n) is 2.43. The molecule has 0 radical (unpaired) electrons. The van der Waals surface area contributed by atoms with Crippen molar-refractivity contribution in [2.24, 2.45) is 0 Å². The molecule has 1 atom stereocenters. The molecule has 1 N–H and O–H groups in total. The SMILES string of the molecule is CCCc1cc(CNC2CC2)cc(N(C)C(C)CSC)n1. The topological polar surface area (TPSA) is 28.2 Å². The summed E-state index contributed by atoms with van der Waals surface area (Å²) in [5, 5.41) is 3.61. The Morgan fingerprint density at radius 2 is 2.19 bits per heavy atom. The highest BCUT2D eigenvalue weighted by Crippen LogP contribution is 2.22. The van der Waals surface area contributed by atoms with Gasteiger partial charge in [0, 0.05) is 37.1 Å². The van der Waals surface area contributed by atoms with E-state index in [9.17, 15) is 0 Å². The molecular weight excluding hydrogens is 278 g/mol. The van der Waals surface area contributed by atoms with Crippen LogP contribution in [0.1, 0.15) is 44.4 Å². The summed E-state index contributed by atoms with van der Waals surface area (Å²) in [6, 6.07) is 5.79. The van der Waals surface area contributed by atoms with Crippen LogP contribution in [-0.4, -0.2) is 36.1 Å². The number of hydrogen-bond donors (Lipinski definition) is 1. The number of aryl methyl sites for hydroxylation is 1. The zero-order valence-corrected chi connectivity index (χ0v) is 14.7. The predicted molar refractivity (Wildman–Crippen MR) is 94.3 cm³/mol. The fourth-order valence-corrected chi connectivity index (χ4v) is 3.13. The molecule has 0 amide bonds. The monoisotopic (exact) mass is 307 g/mol. The summed E-state index contributed by atoms with van der Waals surface area (Å²) < 4.78 is 0. The quantitative estimate of drug-likeness (QED) is 0.756. The molecule has 0 aromatic carbocycles. The number of hydrogen-bond acceptors (Lipinski definition) is 4. The van der Waals surface area contributed by atoms with Gasteiger partial charge in [-0.25, -0.2) is 4.98 Å². The Bertz CT molecular complexity index is 446. The Morgan fingerprint density at radius 3 is 2.81 bits per heavy atom. The van der Waals surface area contributed by atoms with Crippen LogP contribution >= 0.6 is 11.8 Å². The highest BCUT2D eigenvalue weighted by atomic mass is 32.2. The molecule has 1 heterocycles. The number of anilines is 1. The summed E-state index contributed by atoms with van der Waals surface area (Å²) >= 11 is 1.89. The molecule has 0 spiro atoms. The number of thioether (sulfide) groups is 1. The van der Waals surface area contributed by atoms with E-state index >= 15 is 0 Å². The molecule has 1 aromatic rings. The average Bonchev–Trinajstić information content (AvgIpc) is 3.29. The van der Waals surface area contributed by atoms with Crippen molar-refractivity contribution in [3.8, 4) is 0 Å². The zero-order valence-electron chi connectivity index (χ0n) is 13.9. The summed E-state index contributed by atoms with van der Waals surface area (Å²) in [6.07, 6.45) is 7.05. The minimum absolute atomic E-state index is 0.508. The Balaban J connectivity index is 2.12. The third-order valence-electron chi connectivity index (χ3n) is 4.03. The molecule has 3 nitrogen and oxygen atoms in total. The molecule has 2 rings (SSSR count). The smallest absolute Gasteiger partial charge is 0.129 e.